The van der Waals surface area contributed by atoms with Gasteiger partial charge in [0.05, 0.1) is 10.8 Å². The minimum atomic E-state index is -3.64. The number of nitrogens with one attached hydrogen (secondary N) is 2. The van der Waals surface area contributed by atoms with Crippen molar-refractivity contribution >= 4 is 27.5 Å². The molecule has 1 heterocycles. The molecule has 2 N–H and O–H groups in total. The van der Waals surface area contributed by atoms with E-state index in [0.717, 1.165) is 5.56 Å². The maximum atomic E-state index is 12.6. The Hall–Kier alpha value is -2.71. The first kappa shape index (κ1) is 23.0. The van der Waals surface area contributed by atoms with Crippen LogP contribution >= 0.6 is 0 Å². The van der Waals surface area contributed by atoms with E-state index < -0.39 is 15.9 Å². The highest BCUT2D eigenvalue weighted by molar-refractivity contribution is 7.89. The first-order valence-electron chi connectivity index (χ1n) is 10.3. The van der Waals surface area contributed by atoms with Gasteiger partial charge in [0.2, 0.25) is 21.8 Å². The highest BCUT2D eigenvalue weighted by Gasteiger charge is 2.39. The number of hydrogen-bond acceptors (Lipinski definition) is 4. The Morgan fingerprint density at radius 1 is 1.06 bits per heavy atom. The van der Waals surface area contributed by atoms with Crippen LogP contribution in [0.5, 0.6) is 0 Å². The molecule has 0 aromatic heterocycles. The highest BCUT2D eigenvalue weighted by atomic mass is 32.2. The molecule has 2 aromatic rings. The van der Waals surface area contributed by atoms with Crippen LogP contribution < -0.4 is 10.0 Å². The number of benzene rings is 2. The molecule has 2 amide bonds. The second-order valence-corrected chi connectivity index (χ2v) is 10.5. The van der Waals surface area contributed by atoms with Gasteiger partial charge in [-0.1, -0.05) is 30.3 Å². The van der Waals surface area contributed by atoms with Crippen molar-refractivity contribution in [1.29, 1.82) is 0 Å². The molecule has 0 spiro atoms. The van der Waals surface area contributed by atoms with Crippen molar-refractivity contribution in [3.63, 3.8) is 0 Å². The van der Waals surface area contributed by atoms with E-state index in [2.05, 4.69) is 10.0 Å². The number of nitrogens with zero attached hydrogens (tertiary/aromatic N) is 1. The van der Waals surface area contributed by atoms with E-state index in [1.807, 2.05) is 51.1 Å². The number of sulfonamides is 1. The zero-order valence-corrected chi connectivity index (χ0v) is 18.9. The van der Waals surface area contributed by atoms with E-state index in [4.69, 9.17) is 0 Å². The highest BCUT2D eigenvalue weighted by Crippen LogP contribution is 2.27. The van der Waals surface area contributed by atoms with Crippen LogP contribution in [0.1, 0.15) is 32.8 Å². The lowest BCUT2D eigenvalue weighted by atomic mass is 10.1. The summed E-state index contributed by atoms with van der Waals surface area (Å²) in [7, 11) is -3.64. The van der Waals surface area contributed by atoms with Gasteiger partial charge >= 0.3 is 0 Å². The minimum Gasteiger partial charge on any atom is -0.337 e. The number of likely N-dealkylation sites (tertiary alicyclic amines) is 1. The molecule has 166 valence electrons. The predicted molar refractivity (Wildman–Crippen MR) is 120 cm³/mol. The summed E-state index contributed by atoms with van der Waals surface area (Å²) in [6.45, 7) is 6.51. The largest absolute Gasteiger partial charge is 0.337 e. The standard InChI is InChI=1S/C23H29N3O4S/c1-23(2,3)26-16-18(15-21(26)27)22(28)25-19-9-11-20(12-10-19)31(29,30)24-14-13-17-7-5-4-6-8-17/h4-12,18,24H,13-16H2,1-3H3,(H,25,28). The van der Waals surface area contributed by atoms with Crippen molar-refractivity contribution in [1.82, 2.24) is 9.62 Å². The van der Waals surface area contributed by atoms with Gasteiger partial charge in [-0.15, -0.1) is 0 Å². The molecule has 0 bridgehead atoms. The first-order valence-corrected chi connectivity index (χ1v) is 11.8. The van der Waals surface area contributed by atoms with Crippen molar-refractivity contribution in [3.8, 4) is 0 Å². The van der Waals surface area contributed by atoms with E-state index >= 15 is 0 Å². The smallest absolute Gasteiger partial charge is 0.240 e. The van der Waals surface area contributed by atoms with Crippen LogP contribution in [0.25, 0.3) is 0 Å². The summed E-state index contributed by atoms with van der Waals surface area (Å²) in [6, 6.07) is 15.7. The molecule has 1 aliphatic rings. The summed E-state index contributed by atoms with van der Waals surface area (Å²) in [5, 5.41) is 2.79. The van der Waals surface area contributed by atoms with Crippen LogP contribution in [0, 0.1) is 5.92 Å². The van der Waals surface area contributed by atoms with Gasteiger partial charge < -0.3 is 10.2 Å². The number of anilines is 1. The molecule has 2 aromatic carbocycles. The van der Waals surface area contributed by atoms with Crippen molar-refractivity contribution in [2.24, 2.45) is 5.92 Å². The van der Waals surface area contributed by atoms with Gasteiger partial charge in [0.1, 0.15) is 0 Å². The quantitative estimate of drug-likeness (QED) is 0.688. The SMILES string of the molecule is CC(C)(C)N1CC(C(=O)Nc2ccc(S(=O)(=O)NCCc3ccccc3)cc2)CC1=O. The Kier molecular flexibility index (Phi) is 6.81. The lowest BCUT2D eigenvalue weighted by Gasteiger charge is -2.31. The van der Waals surface area contributed by atoms with Crippen molar-refractivity contribution in [3.05, 3.63) is 60.2 Å². The molecule has 1 atom stereocenters. The number of carbonyl (C=O) groups excluding carboxylic acids is 2. The second kappa shape index (κ2) is 9.20. The van der Waals surface area contributed by atoms with Crippen molar-refractivity contribution < 1.29 is 18.0 Å². The summed E-state index contributed by atoms with van der Waals surface area (Å²) in [5.41, 5.74) is 1.23. The lowest BCUT2D eigenvalue weighted by Crippen LogP contribution is -2.42. The molecule has 1 unspecified atom stereocenters. The van der Waals surface area contributed by atoms with E-state index in [9.17, 15) is 18.0 Å². The van der Waals surface area contributed by atoms with Gasteiger partial charge in [-0.3, -0.25) is 9.59 Å². The minimum absolute atomic E-state index is 0.0318. The molecule has 0 radical (unpaired) electrons. The average molecular weight is 444 g/mol. The van der Waals surface area contributed by atoms with E-state index in [1.165, 1.54) is 12.1 Å². The monoisotopic (exact) mass is 443 g/mol. The van der Waals surface area contributed by atoms with Crippen LogP contribution in [0.15, 0.2) is 59.5 Å². The third kappa shape index (κ3) is 5.92. The van der Waals surface area contributed by atoms with Crippen LogP contribution in [0.2, 0.25) is 0 Å². The van der Waals surface area contributed by atoms with Gasteiger partial charge in [0.25, 0.3) is 0 Å². The number of amides is 2. The van der Waals surface area contributed by atoms with Crippen LogP contribution in [0.3, 0.4) is 0 Å². The third-order valence-corrected chi connectivity index (χ3v) is 6.76. The summed E-state index contributed by atoms with van der Waals surface area (Å²) >= 11 is 0. The molecule has 0 aliphatic carbocycles. The van der Waals surface area contributed by atoms with Gasteiger partial charge in [0, 0.05) is 30.7 Å². The molecule has 8 heteroatoms. The Balaban J connectivity index is 1.56. The summed E-state index contributed by atoms with van der Waals surface area (Å²) < 4.78 is 27.6. The van der Waals surface area contributed by atoms with E-state index in [1.54, 1.807) is 17.0 Å². The number of rotatable bonds is 7. The predicted octanol–water partition coefficient (Wildman–Crippen LogP) is 2.79. The number of carbonyl (C=O) groups is 2. The van der Waals surface area contributed by atoms with E-state index in [-0.39, 0.29) is 28.7 Å². The molecular formula is C23H29N3O4S. The molecule has 0 saturated carbocycles. The number of hydrogen-bond donors (Lipinski definition) is 2. The normalized spacial score (nSPS) is 17.1. The zero-order valence-electron chi connectivity index (χ0n) is 18.1. The molecule has 1 saturated heterocycles. The van der Waals surface area contributed by atoms with Gasteiger partial charge in [-0.2, -0.15) is 0 Å². The summed E-state index contributed by atoms with van der Waals surface area (Å²) in [6.07, 6.45) is 0.779. The molecule has 31 heavy (non-hydrogen) atoms. The van der Waals surface area contributed by atoms with Crippen LogP contribution in [-0.4, -0.2) is 43.8 Å². The molecule has 1 aliphatic heterocycles. The first-order chi connectivity index (χ1) is 14.6. The fraction of sp³-hybridized carbons (Fsp3) is 0.391. The molecule has 3 rings (SSSR count). The Labute approximate surface area is 183 Å². The van der Waals surface area contributed by atoms with Gasteiger partial charge in [0.15, 0.2) is 0 Å². The molecular weight excluding hydrogens is 414 g/mol. The lowest BCUT2D eigenvalue weighted by molar-refractivity contribution is -0.131. The van der Waals surface area contributed by atoms with Crippen LogP contribution in [-0.2, 0) is 26.0 Å². The van der Waals surface area contributed by atoms with Crippen molar-refractivity contribution in [2.75, 3.05) is 18.4 Å². The molecule has 1 fully saturated rings. The molecule has 7 nitrogen and oxygen atoms in total. The van der Waals surface area contributed by atoms with Gasteiger partial charge in [-0.25, -0.2) is 13.1 Å². The van der Waals surface area contributed by atoms with Crippen molar-refractivity contribution in [2.45, 2.75) is 44.0 Å². The zero-order chi connectivity index (χ0) is 22.6. The fourth-order valence-corrected chi connectivity index (χ4v) is 4.58. The maximum absolute atomic E-state index is 12.6. The van der Waals surface area contributed by atoms with Crippen LogP contribution in [0.4, 0.5) is 5.69 Å². The fourth-order valence-electron chi connectivity index (χ4n) is 3.55. The summed E-state index contributed by atoms with van der Waals surface area (Å²) in [4.78, 5) is 26.6. The summed E-state index contributed by atoms with van der Waals surface area (Å²) in [5.74, 6) is -0.692. The Bertz CT molecular complexity index is 1030. The topological polar surface area (TPSA) is 95.6 Å². The Morgan fingerprint density at radius 3 is 2.29 bits per heavy atom. The maximum Gasteiger partial charge on any atom is 0.240 e. The Morgan fingerprint density at radius 2 is 1.71 bits per heavy atom. The third-order valence-electron chi connectivity index (χ3n) is 5.29. The second-order valence-electron chi connectivity index (χ2n) is 8.72. The van der Waals surface area contributed by atoms with E-state index in [0.29, 0.717) is 25.2 Å². The average Bonchev–Trinajstić information content (AvgIpc) is 3.11. The van der Waals surface area contributed by atoms with Gasteiger partial charge in [-0.05, 0) is 57.0 Å².